The first-order chi connectivity index (χ1) is 12.5. The molecule has 0 radical (unpaired) electrons. The number of nitrogens with zero attached hydrogens (tertiary/aromatic N) is 1. The Morgan fingerprint density at radius 2 is 1.93 bits per heavy atom. The van der Waals surface area contributed by atoms with Crippen LogP contribution in [0.1, 0.15) is 27.4 Å². The van der Waals surface area contributed by atoms with Crippen molar-refractivity contribution in [3.63, 3.8) is 0 Å². The van der Waals surface area contributed by atoms with Gasteiger partial charge < -0.3 is 25.6 Å². The summed E-state index contributed by atoms with van der Waals surface area (Å²) >= 11 is 0.928. The van der Waals surface area contributed by atoms with Gasteiger partial charge in [-0.05, 0) is 18.6 Å². The number of halogens is 1. The number of hydrogen-bond acceptors (Lipinski definition) is 6. The second kappa shape index (κ2) is 9.56. The normalized spacial score (nSPS) is 13.0. The van der Waals surface area contributed by atoms with Crippen LogP contribution in [0.5, 0.6) is 5.75 Å². The Bertz CT molecular complexity index is 741. The molecule has 0 saturated carbocycles. The number of hydrogen-bond donors (Lipinski definition) is 3. The third-order valence-electron chi connectivity index (χ3n) is 3.97. The molecule has 0 aliphatic carbocycles. The van der Waals surface area contributed by atoms with E-state index in [1.54, 1.807) is 0 Å². The molecule has 0 saturated heterocycles. The van der Waals surface area contributed by atoms with Crippen molar-refractivity contribution in [1.29, 1.82) is 0 Å². The predicted octanol–water partition coefficient (Wildman–Crippen LogP) is 1.16. The Balaban J connectivity index is 3.49. The van der Waals surface area contributed by atoms with E-state index in [0.717, 1.165) is 11.8 Å². The number of carboxylic acid groups (broad SMARTS) is 2. The summed E-state index contributed by atoms with van der Waals surface area (Å²) in [6.45, 7) is 1.39. The van der Waals surface area contributed by atoms with Gasteiger partial charge in [0.25, 0.3) is 5.91 Å². The average molecular weight is 402 g/mol. The highest BCUT2D eigenvalue weighted by molar-refractivity contribution is 7.99. The predicted molar refractivity (Wildman–Crippen MR) is 99.0 cm³/mol. The van der Waals surface area contributed by atoms with Crippen molar-refractivity contribution in [2.75, 3.05) is 32.7 Å². The standard InChI is InChI=1S/C17H23FN2O6S/c1-8-13(16(23)20(2)3)11(26-4)5-9(14(8)18)10(15(19)17(24)25)6-27-7-12(21)22/h5,10,15H,6-7,19H2,1-4H3,(H,21,22)(H,24,25). The van der Waals surface area contributed by atoms with Gasteiger partial charge in [-0.25, -0.2) is 4.39 Å². The van der Waals surface area contributed by atoms with Gasteiger partial charge in [0.2, 0.25) is 0 Å². The van der Waals surface area contributed by atoms with Crippen molar-refractivity contribution in [3.8, 4) is 5.75 Å². The maximum atomic E-state index is 15.1. The van der Waals surface area contributed by atoms with Crippen molar-refractivity contribution >= 4 is 29.6 Å². The second-order valence-corrected chi connectivity index (χ2v) is 7.09. The summed E-state index contributed by atoms with van der Waals surface area (Å²) in [6.07, 6.45) is 0. The van der Waals surface area contributed by atoms with Gasteiger partial charge in [0.05, 0.1) is 18.4 Å². The number of amides is 1. The number of ether oxygens (including phenoxy) is 1. The summed E-state index contributed by atoms with van der Waals surface area (Å²) < 4.78 is 20.3. The van der Waals surface area contributed by atoms with Gasteiger partial charge in [0.1, 0.15) is 17.6 Å². The maximum absolute atomic E-state index is 15.1. The SMILES string of the molecule is COc1cc(C(CSCC(=O)O)C(N)C(=O)O)c(F)c(C)c1C(=O)N(C)C. The minimum atomic E-state index is -1.46. The highest BCUT2D eigenvalue weighted by atomic mass is 32.2. The molecule has 0 aliphatic rings. The van der Waals surface area contributed by atoms with Gasteiger partial charge in [-0.1, -0.05) is 0 Å². The van der Waals surface area contributed by atoms with Gasteiger partial charge >= 0.3 is 11.9 Å². The average Bonchev–Trinajstić information content (AvgIpc) is 2.59. The topological polar surface area (TPSA) is 130 Å². The molecule has 0 heterocycles. The molecule has 10 heteroatoms. The Kier molecular flexibility index (Phi) is 8.04. The van der Waals surface area contributed by atoms with Crippen LogP contribution in [-0.2, 0) is 9.59 Å². The monoisotopic (exact) mass is 402 g/mol. The molecular formula is C17H23FN2O6S. The molecule has 1 rings (SSSR count). The van der Waals surface area contributed by atoms with E-state index in [1.807, 2.05) is 0 Å². The first-order valence-corrected chi connectivity index (χ1v) is 9.04. The van der Waals surface area contributed by atoms with Crippen LogP contribution in [0.3, 0.4) is 0 Å². The highest BCUT2D eigenvalue weighted by Crippen LogP contribution is 2.35. The zero-order chi connectivity index (χ0) is 20.9. The Morgan fingerprint density at radius 1 is 1.33 bits per heavy atom. The number of carbonyl (C=O) groups is 3. The van der Waals surface area contributed by atoms with Crippen molar-refractivity contribution in [2.45, 2.75) is 18.9 Å². The van der Waals surface area contributed by atoms with Crippen LogP contribution >= 0.6 is 11.8 Å². The third-order valence-corrected chi connectivity index (χ3v) is 5.02. The van der Waals surface area contributed by atoms with Gasteiger partial charge in [0, 0.05) is 31.3 Å². The van der Waals surface area contributed by atoms with Gasteiger partial charge in [0.15, 0.2) is 0 Å². The van der Waals surface area contributed by atoms with E-state index in [0.29, 0.717) is 0 Å². The van der Waals surface area contributed by atoms with E-state index >= 15 is 4.39 Å². The number of nitrogens with two attached hydrogens (primary N) is 1. The first-order valence-electron chi connectivity index (χ1n) is 7.89. The van der Waals surface area contributed by atoms with E-state index in [2.05, 4.69) is 0 Å². The van der Waals surface area contributed by atoms with Crippen LogP contribution in [0, 0.1) is 12.7 Å². The van der Waals surface area contributed by atoms with E-state index in [9.17, 15) is 19.5 Å². The van der Waals surface area contributed by atoms with Gasteiger partial charge in [-0.2, -0.15) is 0 Å². The minimum Gasteiger partial charge on any atom is -0.496 e. The molecule has 0 bridgehead atoms. The fraction of sp³-hybridized carbons (Fsp3) is 0.471. The summed E-state index contributed by atoms with van der Waals surface area (Å²) in [6, 6.07) is -0.200. The summed E-state index contributed by atoms with van der Waals surface area (Å²) in [5.74, 6) is -4.88. The lowest BCUT2D eigenvalue weighted by Crippen LogP contribution is -2.38. The fourth-order valence-electron chi connectivity index (χ4n) is 2.54. The molecule has 0 aliphatic heterocycles. The number of rotatable bonds is 9. The molecule has 1 amide bonds. The Labute approximate surface area is 160 Å². The van der Waals surface area contributed by atoms with Gasteiger partial charge in [-0.15, -0.1) is 11.8 Å². The molecule has 0 spiro atoms. The molecule has 0 fully saturated rings. The number of carboxylic acids is 2. The van der Waals surface area contributed by atoms with Gasteiger partial charge in [-0.3, -0.25) is 14.4 Å². The van der Waals surface area contributed by atoms with Crippen molar-refractivity contribution in [3.05, 3.63) is 28.6 Å². The largest absolute Gasteiger partial charge is 0.496 e. The Morgan fingerprint density at radius 3 is 2.37 bits per heavy atom. The van der Waals surface area contributed by atoms with Crippen LogP contribution in [-0.4, -0.2) is 71.7 Å². The number of aliphatic carboxylic acids is 2. The van der Waals surface area contributed by atoms with E-state index in [1.165, 1.54) is 39.1 Å². The maximum Gasteiger partial charge on any atom is 0.321 e. The molecule has 8 nitrogen and oxygen atoms in total. The molecular weight excluding hydrogens is 379 g/mol. The number of benzene rings is 1. The molecule has 4 N–H and O–H groups in total. The number of thioether (sulfide) groups is 1. The smallest absolute Gasteiger partial charge is 0.321 e. The molecule has 2 atom stereocenters. The van der Waals surface area contributed by atoms with Crippen LogP contribution in [0.25, 0.3) is 0 Å². The van der Waals surface area contributed by atoms with Crippen molar-refractivity contribution in [2.24, 2.45) is 5.73 Å². The highest BCUT2D eigenvalue weighted by Gasteiger charge is 2.32. The zero-order valence-corrected chi connectivity index (χ0v) is 16.3. The van der Waals surface area contributed by atoms with Crippen LogP contribution in [0.4, 0.5) is 4.39 Å². The quantitative estimate of drug-likeness (QED) is 0.561. The molecule has 0 aromatic heterocycles. The molecule has 2 unspecified atom stereocenters. The lowest BCUT2D eigenvalue weighted by molar-refractivity contribution is -0.139. The fourth-order valence-corrected chi connectivity index (χ4v) is 3.47. The molecule has 1 aromatic carbocycles. The third kappa shape index (κ3) is 5.33. The van der Waals surface area contributed by atoms with E-state index < -0.39 is 35.6 Å². The lowest BCUT2D eigenvalue weighted by Gasteiger charge is -2.24. The summed E-state index contributed by atoms with van der Waals surface area (Å²) in [7, 11) is 4.34. The second-order valence-electron chi connectivity index (χ2n) is 6.06. The van der Waals surface area contributed by atoms with E-state index in [4.69, 9.17) is 15.6 Å². The van der Waals surface area contributed by atoms with Crippen LogP contribution in [0.2, 0.25) is 0 Å². The number of carbonyl (C=O) groups excluding carboxylic acids is 1. The lowest BCUT2D eigenvalue weighted by atomic mass is 9.89. The zero-order valence-electron chi connectivity index (χ0n) is 15.5. The van der Waals surface area contributed by atoms with Crippen LogP contribution in [0.15, 0.2) is 6.07 Å². The number of methoxy groups -OCH3 is 1. The van der Waals surface area contributed by atoms with Crippen LogP contribution < -0.4 is 10.5 Å². The van der Waals surface area contributed by atoms with Crippen molar-refractivity contribution < 1.29 is 33.7 Å². The summed E-state index contributed by atoms with van der Waals surface area (Å²) in [5, 5.41) is 18.0. The summed E-state index contributed by atoms with van der Waals surface area (Å²) in [4.78, 5) is 35.7. The molecule has 27 heavy (non-hydrogen) atoms. The minimum absolute atomic E-state index is 0.00822. The van der Waals surface area contributed by atoms with E-state index in [-0.39, 0.29) is 33.9 Å². The first kappa shape index (κ1) is 22.7. The molecule has 150 valence electrons. The Hall–Kier alpha value is -2.33. The summed E-state index contributed by atoms with van der Waals surface area (Å²) in [5.41, 5.74) is 5.73. The van der Waals surface area contributed by atoms with Crippen molar-refractivity contribution in [1.82, 2.24) is 4.90 Å². The molecule has 1 aromatic rings.